The van der Waals surface area contributed by atoms with Gasteiger partial charge in [-0.3, -0.25) is 9.29 Å². The lowest BCUT2D eigenvalue weighted by Gasteiger charge is -2.19. The standard InChI is InChI=1S/C14H13ClF2N6O2S/c1-22(26(2,24)25)13-9(18-3-4-19-13)7-23-10(11(16)17)5-8-6-20-14(15)21-12(8)23/h3-6,11H,7H2,1-2H3. The number of hydrogen-bond donors (Lipinski definition) is 0. The number of nitrogens with zero attached hydrogens (tertiary/aromatic N) is 6. The molecule has 0 saturated carbocycles. The zero-order valence-electron chi connectivity index (χ0n) is 13.6. The fraction of sp³-hybridized carbons (Fsp3) is 0.286. The number of aromatic nitrogens is 5. The second kappa shape index (κ2) is 6.72. The molecule has 0 atom stereocenters. The van der Waals surface area contributed by atoms with E-state index in [-0.39, 0.29) is 34.7 Å². The molecule has 0 aromatic carbocycles. The summed E-state index contributed by atoms with van der Waals surface area (Å²) in [6.45, 7) is -0.167. The molecule has 3 aromatic rings. The molecule has 0 unspecified atom stereocenters. The Balaban J connectivity index is 2.16. The van der Waals surface area contributed by atoms with Crippen molar-refractivity contribution in [1.82, 2.24) is 24.5 Å². The summed E-state index contributed by atoms with van der Waals surface area (Å²) < 4.78 is 52.7. The molecule has 12 heteroatoms. The van der Waals surface area contributed by atoms with E-state index in [1.807, 2.05) is 0 Å². The highest BCUT2D eigenvalue weighted by molar-refractivity contribution is 7.92. The Bertz CT molecular complexity index is 1070. The van der Waals surface area contributed by atoms with E-state index >= 15 is 0 Å². The minimum absolute atomic E-state index is 0.0391. The Morgan fingerprint density at radius 3 is 2.62 bits per heavy atom. The summed E-state index contributed by atoms with van der Waals surface area (Å²) in [6.07, 6.45) is 2.24. The maximum atomic E-state index is 13.5. The molecular weight excluding hydrogens is 390 g/mol. The molecule has 0 N–H and O–H groups in total. The van der Waals surface area contributed by atoms with Gasteiger partial charge in [0.1, 0.15) is 11.3 Å². The SMILES string of the molecule is CN(c1nccnc1Cn1c(C(F)F)cc2cnc(Cl)nc21)S(C)(=O)=O. The Hall–Kier alpha value is -2.40. The summed E-state index contributed by atoms with van der Waals surface area (Å²) in [5.41, 5.74) is 0.0728. The molecule has 0 saturated heterocycles. The van der Waals surface area contributed by atoms with Crippen molar-refractivity contribution >= 4 is 38.5 Å². The molecule has 26 heavy (non-hydrogen) atoms. The van der Waals surface area contributed by atoms with Gasteiger partial charge in [-0.25, -0.2) is 27.2 Å². The van der Waals surface area contributed by atoms with Crippen LogP contribution in [0.4, 0.5) is 14.6 Å². The molecule has 0 amide bonds. The van der Waals surface area contributed by atoms with Gasteiger partial charge in [-0.2, -0.15) is 4.98 Å². The largest absolute Gasteiger partial charge is 0.318 e. The Morgan fingerprint density at radius 1 is 1.27 bits per heavy atom. The summed E-state index contributed by atoms with van der Waals surface area (Å²) in [4.78, 5) is 15.9. The lowest BCUT2D eigenvalue weighted by Crippen LogP contribution is -2.27. The van der Waals surface area contributed by atoms with Crippen molar-refractivity contribution in [3.63, 3.8) is 0 Å². The minimum atomic E-state index is -3.61. The molecule has 0 aliphatic rings. The van der Waals surface area contributed by atoms with Gasteiger partial charge in [0.05, 0.1) is 18.5 Å². The van der Waals surface area contributed by atoms with Gasteiger partial charge in [-0.15, -0.1) is 0 Å². The molecule has 138 valence electrons. The molecule has 0 bridgehead atoms. The van der Waals surface area contributed by atoms with E-state index in [1.54, 1.807) is 0 Å². The smallest absolute Gasteiger partial charge is 0.278 e. The van der Waals surface area contributed by atoms with E-state index in [1.165, 1.54) is 36.3 Å². The van der Waals surface area contributed by atoms with E-state index in [9.17, 15) is 17.2 Å². The maximum Gasteiger partial charge on any atom is 0.278 e. The first-order valence-corrected chi connectivity index (χ1v) is 9.44. The monoisotopic (exact) mass is 402 g/mol. The number of fused-ring (bicyclic) bond motifs is 1. The van der Waals surface area contributed by atoms with Crippen LogP contribution in [0.1, 0.15) is 17.8 Å². The van der Waals surface area contributed by atoms with Gasteiger partial charge in [-0.05, 0) is 17.7 Å². The molecule has 0 spiro atoms. The number of hydrogen-bond acceptors (Lipinski definition) is 6. The van der Waals surface area contributed by atoms with Crippen LogP contribution in [0.15, 0.2) is 24.7 Å². The average Bonchev–Trinajstić information content (AvgIpc) is 2.92. The Morgan fingerprint density at radius 2 is 1.96 bits per heavy atom. The average molecular weight is 403 g/mol. The van der Waals surface area contributed by atoms with Crippen molar-refractivity contribution in [2.45, 2.75) is 13.0 Å². The zero-order chi connectivity index (χ0) is 19.1. The Kier molecular flexibility index (Phi) is 4.76. The molecule has 8 nitrogen and oxygen atoms in total. The van der Waals surface area contributed by atoms with Gasteiger partial charge in [0.15, 0.2) is 5.82 Å². The second-order valence-electron chi connectivity index (χ2n) is 5.43. The molecule has 0 radical (unpaired) electrons. The van der Waals surface area contributed by atoms with Crippen molar-refractivity contribution in [3.8, 4) is 0 Å². The summed E-state index contributed by atoms with van der Waals surface area (Å²) in [6, 6.07) is 1.26. The number of alkyl halides is 2. The molecule has 3 rings (SSSR count). The first-order valence-electron chi connectivity index (χ1n) is 7.22. The van der Waals surface area contributed by atoms with Crippen LogP contribution in [0, 0.1) is 0 Å². The minimum Gasteiger partial charge on any atom is -0.318 e. The highest BCUT2D eigenvalue weighted by atomic mass is 35.5. The molecule has 0 aliphatic heterocycles. The fourth-order valence-corrected chi connectivity index (χ4v) is 3.02. The van der Waals surface area contributed by atoms with Crippen LogP contribution in [0.25, 0.3) is 11.0 Å². The molecule has 3 heterocycles. The summed E-state index contributed by atoms with van der Waals surface area (Å²) in [5, 5.41) is 0.289. The van der Waals surface area contributed by atoms with Crippen molar-refractivity contribution in [2.24, 2.45) is 0 Å². The third-order valence-corrected chi connectivity index (χ3v) is 5.07. The lowest BCUT2D eigenvalue weighted by molar-refractivity contribution is 0.142. The normalized spacial score (nSPS) is 12.1. The van der Waals surface area contributed by atoms with Crippen LogP contribution in [0.3, 0.4) is 0 Å². The van der Waals surface area contributed by atoms with Crippen LogP contribution >= 0.6 is 11.6 Å². The van der Waals surface area contributed by atoms with Crippen LogP contribution in [-0.4, -0.2) is 46.2 Å². The molecular formula is C14H13ClF2N6O2S. The van der Waals surface area contributed by atoms with E-state index < -0.39 is 16.4 Å². The quantitative estimate of drug-likeness (QED) is 0.607. The van der Waals surface area contributed by atoms with Crippen LogP contribution in [0.5, 0.6) is 0 Å². The first-order chi connectivity index (χ1) is 12.2. The third kappa shape index (κ3) is 3.44. The number of rotatable bonds is 5. The van der Waals surface area contributed by atoms with E-state index in [2.05, 4.69) is 19.9 Å². The van der Waals surface area contributed by atoms with Crippen molar-refractivity contribution in [1.29, 1.82) is 0 Å². The van der Waals surface area contributed by atoms with Gasteiger partial charge in [0.25, 0.3) is 6.43 Å². The fourth-order valence-electron chi connectivity index (χ4n) is 2.43. The van der Waals surface area contributed by atoms with Crippen molar-refractivity contribution < 1.29 is 17.2 Å². The zero-order valence-corrected chi connectivity index (χ0v) is 15.2. The number of halogens is 3. The van der Waals surface area contributed by atoms with Crippen LogP contribution in [0.2, 0.25) is 5.28 Å². The van der Waals surface area contributed by atoms with Gasteiger partial charge in [-0.1, -0.05) is 0 Å². The summed E-state index contributed by atoms with van der Waals surface area (Å²) in [5.74, 6) is 0.0391. The van der Waals surface area contributed by atoms with E-state index in [0.717, 1.165) is 10.6 Å². The topological polar surface area (TPSA) is 93.9 Å². The van der Waals surface area contributed by atoms with Crippen LogP contribution < -0.4 is 4.31 Å². The number of sulfonamides is 1. The third-order valence-electron chi connectivity index (χ3n) is 3.72. The van der Waals surface area contributed by atoms with Gasteiger partial charge in [0.2, 0.25) is 15.3 Å². The second-order valence-corrected chi connectivity index (χ2v) is 7.78. The van der Waals surface area contributed by atoms with Crippen LogP contribution in [-0.2, 0) is 16.6 Å². The summed E-state index contributed by atoms with van der Waals surface area (Å²) >= 11 is 5.79. The van der Waals surface area contributed by atoms with E-state index in [0.29, 0.717) is 5.39 Å². The highest BCUT2D eigenvalue weighted by Gasteiger charge is 2.23. The van der Waals surface area contributed by atoms with Gasteiger partial charge >= 0.3 is 0 Å². The lowest BCUT2D eigenvalue weighted by atomic mass is 10.3. The first kappa shape index (κ1) is 18.4. The predicted molar refractivity (Wildman–Crippen MR) is 91.9 cm³/mol. The Labute approximate surface area is 152 Å². The van der Waals surface area contributed by atoms with Crippen molar-refractivity contribution in [2.75, 3.05) is 17.6 Å². The maximum absolute atomic E-state index is 13.5. The van der Waals surface area contributed by atoms with Gasteiger partial charge in [0, 0.05) is 31.0 Å². The van der Waals surface area contributed by atoms with Gasteiger partial charge < -0.3 is 4.57 Å². The van der Waals surface area contributed by atoms with Crippen molar-refractivity contribution in [3.05, 3.63) is 41.3 Å². The molecule has 3 aromatic heterocycles. The molecule has 0 fully saturated rings. The molecule has 0 aliphatic carbocycles. The highest BCUT2D eigenvalue weighted by Crippen LogP contribution is 2.28. The van der Waals surface area contributed by atoms with E-state index in [4.69, 9.17) is 11.6 Å². The number of anilines is 1. The predicted octanol–water partition coefficient (Wildman–Crippen LogP) is 2.26. The summed E-state index contributed by atoms with van der Waals surface area (Å²) in [7, 11) is -2.30.